The zero-order chi connectivity index (χ0) is 39.0. The number of rotatable bonds is 30. The number of aliphatic carboxylic acids is 1. The molecule has 0 aromatic heterocycles. The van der Waals surface area contributed by atoms with E-state index in [-0.39, 0.29) is 32.8 Å². The van der Waals surface area contributed by atoms with E-state index in [0.717, 1.165) is 50.5 Å². The number of benzene rings is 1. The number of alkyl carbamates (subject to hydrolysis) is 1. The second kappa shape index (κ2) is 26.4. The van der Waals surface area contributed by atoms with Crippen molar-refractivity contribution in [2.45, 2.75) is 147 Å². The van der Waals surface area contributed by atoms with Crippen molar-refractivity contribution in [2.24, 2.45) is 0 Å². The van der Waals surface area contributed by atoms with E-state index in [1.165, 1.54) is 7.11 Å². The lowest BCUT2D eigenvalue weighted by atomic mass is 9.87. The summed E-state index contributed by atoms with van der Waals surface area (Å²) < 4.78 is 75.6. The number of halogens is 2. The molecular formula is C39H66F2N2O10. The Balaban J connectivity index is 2.17. The van der Waals surface area contributed by atoms with Crippen LogP contribution in [0.5, 0.6) is 0 Å². The quantitative estimate of drug-likeness (QED) is 0.0707. The molecule has 0 saturated carbocycles. The zero-order valence-electron chi connectivity index (χ0n) is 32.6. The largest absolute Gasteiger partial charge is 0.480 e. The standard InChI is InChI=1S/C39H66F2N2O10/c1-6-10-23-48-28-32-33(49-24-11-7-2)34(50-25-12-8-3)35(51-26-13-9-4)39(47-5,53-32)38(40,41)29-42-22-18-17-21-31(36(44)45)43-37(46)52-27-30-19-15-14-16-20-30/h14-16,19-20,31-35,42H,6-13,17-18,21-29H2,1-5H3,(H,43,46)(H,44,45)/t31-,32+,33-,34-,35+,39+/m0/s1. The molecule has 1 heterocycles. The molecular weight excluding hydrogens is 694 g/mol. The summed E-state index contributed by atoms with van der Waals surface area (Å²) in [6, 6.07) is 7.82. The molecule has 0 unspecified atom stereocenters. The third-order valence-corrected chi connectivity index (χ3v) is 9.09. The van der Waals surface area contributed by atoms with Crippen LogP contribution >= 0.6 is 0 Å². The Labute approximate surface area is 315 Å². The second-order valence-electron chi connectivity index (χ2n) is 13.5. The first kappa shape index (κ1) is 46.7. The van der Waals surface area contributed by atoms with Crippen molar-refractivity contribution in [3.05, 3.63) is 35.9 Å². The number of carbonyl (C=O) groups is 2. The van der Waals surface area contributed by atoms with Crippen LogP contribution < -0.4 is 10.6 Å². The molecule has 1 amide bonds. The summed E-state index contributed by atoms with van der Waals surface area (Å²) in [6.07, 6.45) is 2.45. The van der Waals surface area contributed by atoms with Gasteiger partial charge in [0.2, 0.25) is 0 Å². The molecule has 1 saturated heterocycles. The average molecular weight is 761 g/mol. The van der Waals surface area contributed by atoms with Crippen LogP contribution in [-0.4, -0.2) is 113 Å². The van der Waals surface area contributed by atoms with E-state index in [0.29, 0.717) is 39.1 Å². The number of unbranched alkanes of at least 4 members (excludes halogenated alkanes) is 5. The Morgan fingerprint density at radius 2 is 1.47 bits per heavy atom. The maximum absolute atomic E-state index is 16.7. The molecule has 0 bridgehead atoms. The maximum Gasteiger partial charge on any atom is 0.408 e. The van der Waals surface area contributed by atoms with Crippen molar-refractivity contribution in [3.63, 3.8) is 0 Å². The topological polar surface area (TPSA) is 143 Å². The van der Waals surface area contributed by atoms with Crippen LogP contribution in [0.15, 0.2) is 30.3 Å². The average Bonchev–Trinajstić information content (AvgIpc) is 3.15. The third kappa shape index (κ3) is 15.7. The number of carbonyl (C=O) groups excluding carboxylic acids is 1. The second-order valence-corrected chi connectivity index (χ2v) is 13.5. The molecule has 2 rings (SSSR count). The molecule has 1 aliphatic heterocycles. The SMILES string of the molecule is CCCCOC[C@H]1O[C@@](OC)(C(F)(F)CNCCCC[C@H](NC(=O)OCc2ccccc2)C(=O)O)[C@H](OCCCC)[C@@H](OCCCC)[C@H]1OCCCC. The number of hydrogen-bond donors (Lipinski definition) is 3. The Kier molecular flexibility index (Phi) is 23.2. The van der Waals surface area contributed by atoms with Crippen LogP contribution in [-0.2, 0) is 44.6 Å². The van der Waals surface area contributed by atoms with Crippen molar-refractivity contribution in [2.75, 3.05) is 53.2 Å². The smallest absolute Gasteiger partial charge is 0.408 e. The first-order valence-corrected chi connectivity index (χ1v) is 19.5. The van der Waals surface area contributed by atoms with Gasteiger partial charge < -0.3 is 48.9 Å². The van der Waals surface area contributed by atoms with Crippen LogP contribution in [0.3, 0.4) is 0 Å². The summed E-state index contributed by atoms with van der Waals surface area (Å²) >= 11 is 0. The number of amides is 1. The van der Waals surface area contributed by atoms with Crippen LogP contribution in [0, 0.1) is 0 Å². The maximum atomic E-state index is 16.7. The summed E-state index contributed by atoms with van der Waals surface area (Å²) in [6.45, 7) is 8.82. The minimum Gasteiger partial charge on any atom is -0.480 e. The van der Waals surface area contributed by atoms with Gasteiger partial charge in [-0.1, -0.05) is 83.7 Å². The van der Waals surface area contributed by atoms with Crippen LogP contribution in [0.25, 0.3) is 0 Å². The summed E-state index contributed by atoms with van der Waals surface area (Å²) in [7, 11) is 1.20. The van der Waals surface area contributed by atoms with E-state index >= 15 is 8.78 Å². The number of nitrogens with one attached hydrogen (secondary N) is 2. The van der Waals surface area contributed by atoms with Gasteiger partial charge in [0, 0.05) is 33.5 Å². The number of hydrogen-bond acceptors (Lipinski definition) is 10. The van der Waals surface area contributed by atoms with E-state index in [1.807, 2.05) is 33.8 Å². The minimum absolute atomic E-state index is 0.000891. The monoisotopic (exact) mass is 760 g/mol. The first-order valence-electron chi connectivity index (χ1n) is 19.5. The van der Waals surface area contributed by atoms with Crippen molar-refractivity contribution in [1.82, 2.24) is 10.6 Å². The number of methoxy groups -OCH3 is 1. The Hall–Kier alpha value is -2.46. The first-order chi connectivity index (χ1) is 25.6. The molecule has 1 aromatic rings. The van der Waals surface area contributed by atoms with Gasteiger partial charge >= 0.3 is 18.0 Å². The van der Waals surface area contributed by atoms with Crippen LogP contribution in [0.4, 0.5) is 13.6 Å². The molecule has 306 valence electrons. The van der Waals surface area contributed by atoms with Gasteiger partial charge in [0.05, 0.1) is 13.2 Å². The van der Waals surface area contributed by atoms with Crippen molar-refractivity contribution in [1.29, 1.82) is 0 Å². The highest BCUT2D eigenvalue weighted by Gasteiger charge is 2.68. The third-order valence-electron chi connectivity index (χ3n) is 9.09. The molecule has 14 heteroatoms. The van der Waals surface area contributed by atoms with Crippen molar-refractivity contribution < 1.29 is 56.6 Å². The number of alkyl halides is 2. The van der Waals surface area contributed by atoms with Gasteiger partial charge in [0.1, 0.15) is 37.1 Å². The number of carboxylic acids is 1. The molecule has 3 N–H and O–H groups in total. The lowest BCUT2D eigenvalue weighted by Crippen LogP contribution is -2.75. The van der Waals surface area contributed by atoms with Gasteiger partial charge in [-0.25, -0.2) is 9.59 Å². The van der Waals surface area contributed by atoms with Crippen molar-refractivity contribution >= 4 is 12.1 Å². The Morgan fingerprint density at radius 3 is 2.08 bits per heavy atom. The van der Waals surface area contributed by atoms with Crippen LogP contribution in [0.1, 0.15) is 104 Å². The lowest BCUT2D eigenvalue weighted by molar-refractivity contribution is -0.427. The fraction of sp³-hybridized carbons (Fsp3) is 0.795. The van der Waals surface area contributed by atoms with E-state index in [1.54, 1.807) is 24.3 Å². The van der Waals surface area contributed by atoms with E-state index in [4.69, 9.17) is 33.2 Å². The van der Waals surface area contributed by atoms with Gasteiger partial charge in [-0.3, -0.25) is 0 Å². The molecule has 1 aliphatic rings. The minimum atomic E-state index is -3.62. The molecule has 0 radical (unpaired) electrons. The fourth-order valence-electron chi connectivity index (χ4n) is 5.94. The molecule has 0 spiro atoms. The molecule has 1 fully saturated rings. The summed E-state index contributed by atoms with van der Waals surface area (Å²) in [5.41, 5.74) is 0.764. The van der Waals surface area contributed by atoms with E-state index in [9.17, 15) is 14.7 Å². The van der Waals surface area contributed by atoms with Gasteiger partial charge in [0.25, 0.3) is 5.79 Å². The van der Waals surface area contributed by atoms with Crippen LogP contribution in [0.2, 0.25) is 0 Å². The number of carboxylic acid groups (broad SMARTS) is 1. The highest BCUT2D eigenvalue weighted by atomic mass is 19.3. The van der Waals surface area contributed by atoms with Gasteiger partial charge in [0.15, 0.2) is 0 Å². The summed E-state index contributed by atoms with van der Waals surface area (Å²) in [4.78, 5) is 24.0. The molecule has 1 aromatic carbocycles. The highest BCUT2D eigenvalue weighted by Crippen LogP contribution is 2.45. The van der Waals surface area contributed by atoms with E-state index in [2.05, 4.69) is 10.6 Å². The molecule has 0 aliphatic carbocycles. The van der Waals surface area contributed by atoms with Gasteiger partial charge in [-0.05, 0) is 57.1 Å². The van der Waals surface area contributed by atoms with Gasteiger partial charge in [-0.2, -0.15) is 8.78 Å². The molecule has 6 atom stereocenters. The van der Waals surface area contributed by atoms with Gasteiger partial charge in [-0.15, -0.1) is 0 Å². The van der Waals surface area contributed by atoms with E-state index < -0.39 is 60.8 Å². The Bertz CT molecular complexity index is 1120. The van der Waals surface area contributed by atoms with Crippen molar-refractivity contribution in [3.8, 4) is 0 Å². The Morgan fingerprint density at radius 1 is 0.868 bits per heavy atom. The number of ether oxygens (including phenoxy) is 7. The predicted molar refractivity (Wildman–Crippen MR) is 197 cm³/mol. The zero-order valence-corrected chi connectivity index (χ0v) is 32.6. The summed E-state index contributed by atoms with van der Waals surface area (Å²) in [5, 5.41) is 14.8. The lowest BCUT2D eigenvalue weighted by Gasteiger charge is -2.54. The highest BCUT2D eigenvalue weighted by molar-refractivity contribution is 5.79. The fourth-order valence-corrected chi connectivity index (χ4v) is 5.94. The normalized spacial score (nSPS) is 22.4. The summed E-state index contributed by atoms with van der Waals surface area (Å²) in [5.74, 6) is -7.37. The molecule has 53 heavy (non-hydrogen) atoms. The molecule has 12 nitrogen and oxygen atoms in total. The predicted octanol–water partition coefficient (Wildman–Crippen LogP) is 6.88.